The molecule has 0 heterocycles. The summed E-state index contributed by atoms with van der Waals surface area (Å²) in [4.78, 5) is 0. The third kappa shape index (κ3) is 6.87. The van der Waals surface area contributed by atoms with Gasteiger partial charge in [-0.3, -0.25) is 0 Å². The molecule has 0 spiro atoms. The van der Waals surface area contributed by atoms with Crippen LogP contribution in [0.25, 0.3) is 0 Å². The number of halogens is 1. The van der Waals surface area contributed by atoms with E-state index in [1.165, 1.54) is 0 Å². The van der Waals surface area contributed by atoms with Gasteiger partial charge in [-0.25, -0.2) is 0 Å². The number of nitriles is 1. The summed E-state index contributed by atoms with van der Waals surface area (Å²) in [5.41, 5.74) is 0.502. The van der Waals surface area contributed by atoms with Gasteiger partial charge in [0.1, 0.15) is 18.4 Å². The Balaban J connectivity index is 2.11. The molecule has 0 aliphatic heterocycles. The maximum Gasteiger partial charge on any atom is 0.137 e. The highest BCUT2D eigenvalue weighted by atomic mass is 79.9. The zero-order chi connectivity index (χ0) is 14.6. The third-order valence-corrected chi connectivity index (χ3v) is 2.84. The molecule has 0 unspecified atom stereocenters. The summed E-state index contributed by atoms with van der Waals surface area (Å²) in [6.45, 7) is 3.05. The van der Waals surface area contributed by atoms with Crippen LogP contribution in [0.2, 0.25) is 0 Å². The van der Waals surface area contributed by atoms with Crippen LogP contribution in [-0.2, 0) is 14.2 Å². The lowest BCUT2D eigenvalue weighted by Crippen LogP contribution is -2.12. The number of methoxy groups -OCH3 is 1. The number of nitrogens with zero attached hydrogens (tertiary/aromatic N) is 1. The van der Waals surface area contributed by atoms with Crippen molar-refractivity contribution in [1.29, 1.82) is 5.26 Å². The van der Waals surface area contributed by atoms with Gasteiger partial charge >= 0.3 is 0 Å². The van der Waals surface area contributed by atoms with Crippen molar-refractivity contribution in [2.75, 3.05) is 46.8 Å². The number of benzene rings is 1. The Morgan fingerprint density at radius 1 is 1.05 bits per heavy atom. The molecule has 1 rings (SSSR count). The Morgan fingerprint density at radius 3 is 2.35 bits per heavy atom. The minimum atomic E-state index is 0.397. The number of hydrogen-bond donors (Lipinski definition) is 0. The molecule has 0 aromatic heterocycles. The van der Waals surface area contributed by atoms with Crippen LogP contribution in [0.1, 0.15) is 5.56 Å². The van der Waals surface area contributed by atoms with E-state index in [0.717, 1.165) is 4.47 Å². The highest BCUT2D eigenvalue weighted by Gasteiger charge is 2.03. The smallest absolute Gasteiger partial charge is 0.137 e. The molecule has 0 amide bonds. The second-order valence-corrected chi connectivity index (χ2v) is 4.73. The lowest BCUT2D eigenvalue weighted by molar-refractivity contribution is 0.0179. The van der Waals surface area contributed by atoms with Crippen LogP contribution >= 0.6 is 15.9 Å². The second kappa shape index (κ2) is 10.6. The Bertz CT molecular complexity index is 434. The topological polar surface area (TPSA) is 60.7 Å². The fourth-order valence-corrected chi connectivity index (χ4v) is 1.75. The van der Waals surface area contributed by atoms with Gasteiger partial charge < -0.3 is 18.9 Å². The molecule has 0 saturated carbocycles. The molecule has 1 aromatic rings. The maximum atomic E-state index is 8.98. The predicted molar refractivity (Wildman–Crippen MR) is 77.9 cm³/mol. The second-order valence-electron chi connectivity index (χ2n) is 3.82. The van der Waals surface area contributed by atoms with Crippen molar-refractivity contribution in [3.8, 4) is 11.8 Å². The summed E-state index contributed by atoms with van der Waals surface area (Å²) in [6, 6.07) is 7.41. The molecule has 0 bridgehead atoms. The third-order valence-electron chi connectivity index (χ3n) is 2.35. The fourth-order valence-electron chi connectivity index (χ4n) is 1.39. The van der Waals surface area contributed by atoms with Gasteiger partial charge in [-0.2, -0.15) is 5.26 Å². The first-order chi connectivity index (χ1) is 9.77. The highest BCUT2D eigenvalue weighted by molar-refractivity contribution is 9.10. The van der Waals surface area contributed by atoms with Gasteiger partial charge in [0.25, 0.3) is 0 Å². The SMILES string of the molecule is COCCOCCOCCOc1ccc(Br)cc1C#N. The van der Waals surface area contributed by atoms with Crippen molar-refractivity contribution in [2.45, 2.75) is 0 Å². The van der Waals surface area contributed by atoms with Crippen molar-refractivity contribution in [1.82, 2.24) is 0 Å². The fraction of sp³-hybridized carbons (Fsp3) is 0.500. The molecule has 0 atom stereocenters. The van der Waals surface area contributed by atoms with Gasteiger partial charge in [-0.15, -0.1) is 0 Å². The van der Waals surface area contributed by atoms with Gasteiger partial charge in [-0.1, -0.05) is 15.9 Å². The van der Waals surface area contributed by atoms with E-state index in [1.807, 2.05) is 6.07 Å². The molecule has 6 heteroatoms. The van der Waals surface area contributed by atoms with Gasteiger partial charge in [0.15, 0.2) is 0 Å². The molecule has 0 aliphatic carbocycles. The first kappa shape index (κ1) is 16.9. The van der Waals surface area contributed by atoms with Crippen LogP contribution in [0.3, 0.4) is 0 Å². The van der Waals surface area contributed by atoms with Crippen molar-refractivity contribution in [2.24, 2.45) is 0 Å². The summed E-state index contributed by atoms with van der Waals surface area (Å²) >= 11 is 3.31. The monoisotopic (exact) mass is 343 g/mol. The molecule has 0 fully saturated rings. The quantitative estimate of drug-likeness (QED) is 0.610. The van der Waals surface area contributed by atoms with E-state index in [-0.39, 0.29) is 0 Å². The van der Waals surface area contributed by atoms with Crippen LogP contribution in [0, 0.1) is 11.3 Å². The molecule has 0 N–H and O–H groups in total. The van der Waals surface area contributed by atoms with Gasteiger partial charge in [0.05, 0.1) is 38.6 Å². The van der Waals surface area contributed by atoms with Crippen molar-refractivity contribution < 1.29 is 18.9 Å². The molecule has 0 radical (unpaired) electrons. The van der Waals surface area contributed by atoms with Crippen LogP contribution in [-0.4, -0.2) is 46.8 Å². The summed E-state index contributed by atoms with van der Waals surface area (Å²) < 4.78 is 21.8. The zero-order valence-corrected chi connectivity index (χ0v) is 13.0. The number of hydrogen-bond acceptors (Lipinski definition) is 5. The first-order valence-electron chi connectivity index (χ1n) is 6.25. The van der Waals surface area contributed by atoms with Crippen LogP contribution in [0.5, 0.6) is 5.75 Å². The molecule has 0 aliphatic rings. The van der Waals surface area contributed by atoms with Crippen molar-refractivity contribution >= 4 is 15.9 Å². The molecular weight excluding hydrogens is 326 g/mol. The standard InChI is InChI=1S/C14H18BrNO4/c1-17-4-5-18-6-7-19-8-9-20-14-3-2-13(15)10-12(14)11-16/h2-3,10H,4-9H2,1H3. The Kier molecular flexibility index (Phi) is 9.00. The first-order valence-corrected chi connectivity index (χ1v) is 7.04. The van der Waals surface area contributed by atoms with Crippen molar-refractivity contribution in [3.05, 3.63) is 28.2 Å². The van der Waals surface area contributed by atoms with Crippen molar-refractivity contribution in [3.63, 3.8) is 0 Å². The maximum absolute atomic E-state index is 8.98. The van der Waals surface area contributed by atoms with E-state index in [1.54, 1.807) is 19.2 Å². The summed E-state index contributed by atoms with van der Waals surface area (Å²) in [7, 11) is 1.63. The summed E-state index contributed by atoms with van der Waals surface area (Å²) in [5.74, 6) is 0.565. The molecule has 110 valence electrons. The lowest BCUT2D eigenvalue weighted by atomic mass is 10.2. The average molecular weight is 344 g/mol. The Labute approximate surface area is 127 Å². The van der Waals surface area contributed by atoms with Gasteiger partial charge in [-0.05, 0) is 18.2 Å². The average Bonchev–Trinajstić information content (AvgIpc) is 2.46. The molecule has 20 heavy (non-hydrogen) atoms. The highest BCUT2D eigenvalue weighted by Crippen LogP contribution is 2.22. The summed E-state index contributed by atoms with van der Waals surface area (Å²) in [5, 5.41) is 8.98. The van der Waals surface area contributed by atoms with Gasteiger partial charge in [0, 0.05) is 11.6 Å². The van der Waals surface area contributed by atoms with Crippen LogP contribution in [0.15, 0.2) is 22.7 Å². The normalized spacial score (nSPS) is 10.2. The van der Waals surface area contributed by atoms with E-state index in [9.17, 15) is 0 Å². The van der Waals surface area contributed by atoms with Crippen LogP contribution < -0.4 is 4.74 Å². The molecule has 5 nitrogen and oxygen atoms in total. The Morgan fingerprint density at radius 2 is 1.70 bits per heavy atom. The molecular formula is C14H18BrNO4. The molecule has 1 aromatic carbocycles. The largest absolute Gasteiger partial charge is 0.490 e. The van der Waals surface area contributed by atoms with E-state index >= 15 is 0 Å². The minimum Gasteiger partial charge on any atom is -0.490 e. The summed E-state index contributed by atoms with van der Waals surface area (Å²) in [6.07, 6.45) is 0. The zero-order valence-electron chi connectivity index (χ0n) is 11.4. The minimum absolute atomic E-state index is 0.397. The number of ether oxygens (including phenoxy) is 4. The Hall–Kier alpha value is -1.13. The van der Waals surface area contributed by atoms with E-state index in [4.69, 9.17) is 24.2 Å². The van der Waals surface area contributed by atoms with Gasteiger partial charge in [0.2, 0.25) is 0 Å². The predicted octanol–water partition coefficient (Wildman–Crippen LogP) is 2.38. The lowest BCUT2D eigenvalue weighted by Gasteiger charge is -2.09. The number of rotatable bonds is 10. The van der Waals surface area contributed by atoms with E-state index in [0.29, 0.717) is 51.0 Å². The molecule has 0 saturated heterocycles. The van der Waals surface area contributed by atoms with E-state index < -0.39 is 0 Å². The van der Waals surface area contributed by atoms with Crippen LogP contribution in [0.4, 0.5) is 0 Å². The van der Waals surface area contributed by atoms with E-state index in [2.05, 4.69) is 22.0 Å².